The monoisotopic (exact) mass is 761 g/mol. The molecule has 7 rings (SSSR count). The number of aryl methyl sites for hydroxylation is 4. The number of benzene rings is 1. The summed E-state index contributed by atoms with van der Waals surface area (Å²) in [6.07, 6.45) is 7.28. The Labute approximate surface area is 320 Å². The number of allylic oxidation sites excluding steroid dienone is 2. The molecule has 0 unspecified atom stereocenters. The number of nitrogens with one attached hydrogen (secondary N) is 3. The molecule has 56 heavy (non-hydrogen) atoms. The number of pyridine rings is 1. The first-order valence-electron chi connectivity index (χ1n) is 18.3. The van der Waals surface area contributed by atoms with Crippen molar-refractivity contribution >= 4 is 69.1 Å². The third-order valence-electron chi connectivity index (χ3n) is 9.59. The minimum atomic E-state index is -0.673. The number of aromatic nitrogens is 9. The average molecular weight is 762 g/mol. The van der Waals surface area contributed by atoms with E-state index in [0.29, 0.717) is 70.5 Å². The highest BCUT2D eigenvalue weighted by Crippen LogP contribution is 2.33. The number of rotatable bonds is 15. The lowest BCUT2D eigenvalue weighted by Gasteiger charge is -2.13. The predicted octanol–water partition coefficient (Wildman–Crippen LogP) is 3.19. The number of nitrogens with zero attached hydrogens (tertiary/aromatic N) is 9. The fourth-order valence-electron chi connectivity index (χ4n) is 6.53. The molecular weight excluding hydrogens is 719 g/mol. The summed E-state index contributed by atoms with van der Waals surface area (Å²) in [6, 6.07) is 6.52. The second-order valence-electron chi connectivity index (χ2n) is 13.6. The van der Waals surface area contributed by atoms with Crippen molar-refractivity contribution in [3.8, 4) is 0 Å². The van der Waals surface area contributed by atoms with Gasteiger partial charge >= 0.3 is 0 Å². The van der Waals surface area contributed by atoms with E-state index in [1.54, 1.807) is 34.4 Å². The smallest absolute Gasteiger partial charge is 0.278 e. The van der Waals surface area contributed by atoms with Gasteiger partial charge in [0.1, 0.15) is 16.9 Å². The van der Waals surface area contributed by atoms with Gasteiger partial charge in [-0.15, -0.1) is 0 Å². The van der Waals surface area contributed by atoms with Crippen molar-refractivity contribution in [1.29, 1.82) is 0 Å². The predicted molar refractivity (Wildman–Crippen MR) is 210 cm³/mol. The van der Waals surface area contributed by atoms with E-state index in [0.717, 1.165) is 12.8 Å². The summed E-state index contributed by atoms with van der Waals surface area (Å²) in [7, 11) is 0. The number of amides is 4. The molecule has 0 radical (unpaired) electrons. The minimum absolute atomic E-state index is 0.152. The van der Waals surface area contributed by atoms with Gasteiger partial charge in [0, 0.05) is 44.5 Å². The average Bonchev–Trinajstić information content (AvgIpc) is 3.54. The number of primary amides is 2. The first-order valence-corrected chi connectivity index (χ1v) is 18.3. The van der Waals surface area contributed by atoms with E-state index in [1.807, 2.05) is 37.5 Å². The van der Waals surface area contributed by atoms with E-state index in [4.69, 9.17) is 22.2 Å². The lowest BCUT2D eigenvalue weighted by molar-refractivity contribution is 0.0992. The van der Waals surface area contributed by atoms with Crippen LogP contribution in [0.4, 0.5) is 23.3 Å². The largest absolute Gasteiger partial charge is 0.395 e. The van der Waals surface area contributed by atoms with Gasteiger partial charge in [-0.2, -0.15) is 10.2 Å². The summed E-state index contributed by atoms with van der Waals surface area (Å²) in [6.45, 7) is 9.30. The van der Waals surface area contributed by atoms with Crippen molar-refractivity contribution in [3.63, 3.8) is 0 Å². The molecule has 5 heterocycles. The maximum absolute atomic E-state index is 13.7. The van der Waals surface area contributed by atoms with Gasteiger partial charge in [0.05, 0.1) is 39.4 Å². The Morgan fingerprint density at radius 3 is 2.14 bits per heavy atom. The molecule has 6 aromatic rings. The van der Waals surface area contributed by atoms with Crippen LogP contribution in [0.5, 0.6) is 0 Å². The zero-order valence-electron chi connectivity index (χ0n) is 31.5. The van der Waals surface area contributed by atoms with Gasteiger partial charge < -0.3 is 27.1 Å². The van der Waals surface area contributed by atoms with Crippen LogP contribution in [0, 0.1) is 19.8 Å². The van der Waals surface area contributed by atoms with Crippen molar-refractivity contribution in [1.82, 2.24) is 43.6 Å². The maximum Gasteiger partial charge on any atom is 0.278 e. The molecule has 0 spiro atoms. The number of hydrogen-bond donors (Lipinski definition) is 6. The molecule has 4 amide bonds. The van der Waals surface area contributed by atoms with Crippen LogP contribution >= 0.6 is 0 Å². The molecule has 1 aliphatic rings. The Bertz CT molecular complexity index is 2570. The Hall–Kier alpha value is -7.05. The SMILES string of the molecule is CCn1nc(C)cc1C(=O)Nc1nc2cc(C(N)=O)cc(NCC3CC3)c2n1C/C=C/Cn1c(NC(=O)c2c(N)c(C)nn2CC)nc2cc(C(N)=O)cnc21. The molecule has 9 N–H and O–H groups in total. The van der Waals surface area contributed by atoms with Gasteiger partial charge in [0.25, 0.3) is 11.8 Å². The van der Waals surface area contributed by atoms with Crippen molar-refractivity contribution < 1.29 is 19.2 Å². The fourth-order valence-corrected chi connectivity index (χ4v) is 6.53. The van der Waals surface area contributed by atoms with Crippen molar-refractivity contribution in [2.24, 2.45) is 17.4 Å². The van der Waals surface area contributed by atoms with Crippen LogP contribution in [0.2, 0.25) is 0 Å². The third-order valence-corrected chi connectivity index (χ3v) is 9.59. The van der Waals surface area contributed by atoms with Crippen LogP contribution < -0.4 is 33.2 Å². The number of carbonyl (C=O) groups is 4. The second kappa shape index (κ2) is 15.0. The van der Waals surface area contributed by atoms with Crippen molar-refractivity contribution in [2.75, 3.05) is 28.2 Å². The first kappa shape index (κ1) is 37.3. The second-order valence-corrected chi connectivity index (χ2v) is 13.6. The molecule has 0 bridgehead atoms. The highest BCUT2D eigenvalue weighted by Gasteiger charge is 2.25. The number of carbonyl (C=O) groups excluding carboxylic acids is 4. The molecule has 0 saturated heterocycles. The van der Waals surface area contributed by atoms with Gasteiger partial charge in [-0.25, -0.2) is 15.0 Å². The number of anilines is 4. The van der Waals surface area contributed by atoms with Crippen LogP contribution in [-0.4, -0.2) is 73.8 Å². The molecule has 1 aliphatic carbocycles. The topological polar surface area (TPSA) is 267 Å². The van der Waals surface area contributed by atoms with E-state index in [1.165, 1.54) is 16.9 Å². The summed E-state index contributed by atoms with van der Waals surface area (Å²) in [5.41, 5.74) is 22.4. The normalized spacial score (nSPS) is 12.9. The lowest BCUT2D eigenvalue weighted by Crippen LogP contribution is -2.21. The first-order chi connectivity index (χ1) is 26.9. The van der Waals surface area contributed by atoms with Crippen LogP contribution in [0.25, 0.3) is 22.2 Å². The lowest BCUT2D eigenvalue weighted by atomic mass is 10.1. The van der Waals surface area contributed by atoms with E-state index in [-0.39, 0.29) is 47.5 Å². The van der Waals surface area contributed by atoms with E-state index < -0.39 is 23.6 Å². The van der Waals surface area contributed by atoms with E-state index >= 15 is 0 Å². The van der Waals surface area contributed by atoms with Gasteiger partial charge in [0.2, 0.25) is 23.7 Å². The van der Waals surface area contributed by atoms with Crippen LogP contribution in [-0.2, 0) is 26.2 Å². The summed E-state index contributed by atoms with van der Waals surface area (Å²) in [5, 5.41) is 18.0. The molecule has 290 valence electrons. The molecular formula is C37H43N15O4. The van der Waals surface area contributed by atoms with Crippen molar-refractivity contribution in [2.45, 2.75) is 66.7 Å². The Balaban J connectivity index is 1.25. The number of imidazole rings is 2. The van der Waals surface area contributed by atoms with Gasteiger partial charge in [0.15, 0.2) is 5.65 Å². The Kier molecular flexibility index (Phi) is 9.98. The molecule has 1 aromatic carbocycles. The molecule has 19 nitrogen and oxygen atoms in total. The van der Waals surface area contributed by atoms with Crippen LogP contribution in [0.15, 0.2) is 42.6 Å². The van der Waals surface area contributed by atoms with Crippen LogP contribution in [0.1, 0.15) is 79.8 Å². The number of nitrogens with two attached hydrogens (primary N) is 3. The fraction of sp³-hybridized carbons (Fsp3) is 0.324. The summed E-state index contributed by atoms with van der Waals surface area (Å²) in [5.74, 6) is -1.28. The third kappa shape index (κ3) is 7.25. The number of hydrogen-bond acceptors (Lipinski definition) is 11. The quantitative estimate of drug-likeness (QED) is 0.0828. The maximum atomic E-state index is 13.7. The number of nitrogen functional groups attached to an aromatic ring is 1. The highest BCUT2D eigenvalue weighted by molar-refractivity contribution is 6.07. The zero-order chi connectivity index (χ0) is 39.8. The van der Waals surface area contributed by atoms with Crippen molar-refractivity contribution in [3.05, 3.63) is 76.5 Å². The van der Waals surface area contributed by atoms with Gasteiger partial charge in [-0.1, -0.05) is 12.2 Å². The molecule has 19 heteroatoms. The molecule has 1 saturated carbocycles. The summed E-state index contributed by atoms with van der Waals surface area (Å²) in [4.78, 5) is 65.4. The molecule has 0 atom stereocenters. The van der Waals surface area contributed by atoms with E-state index in [2.05, 4.69) is 36.1 Å². The van der Waals surface area contributed by atoms with Gasteiger partial charge in [-0.3, -0.25) is 43.7 Å². The van der Waals surface area contributed by atoms with Crippen LogP contribution in [0.3, 0.4) is 0 Å². The zero-order valence-corrected chi connectivity index (χ0v) is 31.5. The Morgan fingerprint density at radius 1 is 0.821 bits per heavy atom. The highest BCUT2D eigenvalue weighted by atomic mass is 16.2. The molecule has 5 aromatic heterocycles. The summed E-state index contributed by atoms with van der Waals surface area (Å²) < 4.78 is 6.64. The molecule has 0 aliphatic heterocycles. The van der Waals surface area contributed by atoms with E-state index in [9.17, 15) is 19.2 Å². The minimum Gasteiger partial charge on any atom is -0.395 e. The standard InChI is InChI=1S/C37H43N15O4/c1-5-51-27(13-19(3)47-51)34(55)45-36-43-25-15-22(31(39)53)14-24(41-17-21-9-10-21)29(25)49(36)11-7-8-12-50-33-26(16-23(18-42-33)32(40)54)44-37(50)46-35(56)30-28(38)20(4)48-52(30)6-2/h7-8,13-16,18,21,41H,5-6,9-12,17,38H2,1-4H3,(H2,39,53)(H2,40,54)(H,43,45,55)(H,44,46,56)/b8-7+. The summed E-state index contributed by atoms with van der Waals surface area (Å²) >= 11 is 0. The Morgan fingerprint density at radius 2 is 1.46 bits per heavy atom. The van der Waals surface area contributed by atoms with Gasteiger partial charge in [-0.05, 0) is 70.7 Å². The number of fused-ring (bicyclic) bond motifs is 2. The molecule has 1 fully saturated rings.